The van der Waals surface area contributed by atoms with Gasteiger partial charge in [-0.15, -0.1) is 0 Å². The minimum absolute atomic E-state index is 0.429. The molecule has 0 unspecified atom stereocenters. The molecule has 1 fully saturated rings. The highest BCUT2D eigenvalue weighted by Gasteiger charge is 2.40. The highest BCUT2D eigenvalue weighted by molar-refractivity contribution is 6.07. The molecule has 0 spiro atoms. The second-order valence-electron chi connectivity index (χ2n) is 5.33. The number of hydrogen-bond acceptors (Lipinski definition) is 2. The van der Waals surface area contributed by atoms with Crippen LogP contribution in [0.2, 0.25) is 0 Å². The molecule has 4 rings (SSSR count). The van der Waals surface area contributed by atoms with Crippen LogP contribution in [0.4, 0.5) is 0 Å². The summed E-state index contributed by atoms with van der Waals surface area (Å²) < 4.78 is 0. The number of benzene rings is 1. The van der Waals surface area contributed by atoms with Crippen LogP contribution < -0.4 is 0 Å². The van der Waals surface area contributed by atoms with Crippen LogP contribution in [-0.4, -0.2) is 20.7 Å². The molecule has 0 aliphatic heterocycles. The van der Waals surface area contributed by atoms with Crippen molar-refractivity contribution >= 4 is 21.8 Å². The molecule has 0 radical (unpaired) electrons. The first-order chi connectivity index (χ1) is 8.73. The maximum Gasteiger partial charge on any atom is 0.0690 e. The van der Waals surface area contributed by atoms with Gasteiger partial charge in [0, 0.05) is 28.9 Å². The van der Waals surface area contributed by atoms with Crippen LogP contribution in [0.5, 0.6) is 0 Å². The van der Waals surface area contributed by atoms with Gasteiger partial charge in [0.05, 0.1) is 17.3 Å². The third-order valence-corrected chi connectivity index (χ3v) is 3.82. The molecule has 2 N–H and O–H groups in total. The average molecular weight is 238 g/mol. The van der Waals surface area contributed by atoms with Crippen LogP contribution >= 0.6 is 0 Å². The summed E-state index contributed by atoms with van der Waals surface area (Å²) in [7, 11) is 0. The molecule has 2 aromatic heterocycles. The predicted octanol–water partition coefficient (Wildman–Crippen LogP) is 2.78. The van der Waals surface area contributed by atoms with E-state index in [1.54, 1.807) is 0 Å². The number of nitrogens with one attached hydrogen (secondary N) is 1. The summed E-state index contributed by atoms with van der Waals surface area (Å²) in [5, 5.41) is 12.4. The van der Waals surface area contributed by atoms with E-state index in [0.717, 1.165) is 30.3 Å². The Hall–Kier alpha value is -1.87. The third kappa shape index (κ3) is 1.51. The fourth-order valence-corrected chi connectivity index (χ4v) is 2.61. The summed E-state index contributed by atoms with van der Waals surface area (Å²) in [6.07, 6.45) is 6.30. The van der Waals surface area contributed by atoms with Crippen molar-refractivity contribution in [1.29, 1.82) is 0 Å². The molecule has 18 heavy (non-hydrogen) atoms. The summed E-state index contributed by atoms with van der Waals surface area (Å²) in [5.41, 5.74) is 2.97. The number of aliphatic hydroxyl groups is 1. The number of fused-ring (bicyclic) bond motifs is 3. The molecule has 0 bridgehead atoms. The largest absolute Gasteiger partial charge is 0.390 e. The van der Waals surface area contributed by atoms with Gasteiger partial charge in [-0.3, -0.25) is 4.98 Å². The fraction of sp³-hybridized carbons (Fsp3) is 0.267. The smallest absolute Gasteiger partial charge is 0.0690 e. The molecule has 0 atom stereocenters. The highest BCUT2D eigenvalue weighted by Crippen LogP contribution is 2.39. The van der Waals surface area contributed by atoms with E-state index in [9.17, 15) is 5.11 Å². The summed E-state index contributed by atoms with van der Waals surface area (Å²) in [6.45, 7) is 0. The predicted molar refractivity (Wildman–Crippen MR) is 71.5 cm³/mol. The molecule has 0 saturated heterocycles. The molecule has 3 aromatic rings. The van der Waals surface area contributed by atoms with E-state index in [1.807, 2.05) is 18.5 Å². The van der Waals surface area contributed by atoms with Crippen LogP contribution in [0.25, 0.3) is 21.8 Å². The number of aromatic nitrogens is 2. The first kappa shape index (κ1) is 10.1. The number of rotatable bonds is 2. The van der Waals surface area contributed by atoms with Crippen LogP contribution in [0, 0.1) is 0 Å². The zero-order valence-electron chi connectivity index (χ0n) is 9.98. The number of H-pyrrole nitrogens is 1. The van der Waals surface area contributed by atoms with Crippen molar-refractivity contribution in [1.82, 2.24) is 9.97 Å². The molecule has 1 aromatic carbocycles. The Morgan fingerprint density at radius 1 is 1.17 bits per heavy atom. The van der Waals surface area contributed by atoms with Crippen molar-refractivity contribution in [3.8, 4) is 0 Å². The lowest BCUT2D eigenvalue weighted by atomic mass is 10.0. The van der Waals surface area contributed by atoms with Gasteiger partial charge in [0.25, 0.3) is 0 Å². The molecular formula is C15H14N2O. The van der Waals surface area contributed by atoms with Crippen molar-refractivity contribution in [2.45, 2.75) is 24.9 Å². The van der Waals surface area contributed by atoms with Gasteiger partial charge >= 0.3 is 0 Å². The van der Waals surface area contributed by atoms with Gasteiger partial charge in [-0.2, -0.15) is 0 Å². The molecule has 2 heterocycles. The number of pyridine rings is 1. The standard InChI is InChI=1S/C15H14N2O/c18-15(4-5-15)8-10-1-2-13-12(7-10)11-3-6-16-9-14(11)17-13/h1-3,6-7,9,17-18H,4-5,8H2. The molecule has 3 nitrogen and oxygen atoms in total. The first-order valence-corrected chi connectivity index (χ1v) is 6.30. The van der Waals surface area contributed by atoms with Crippen molar-refractivity contribution in [3.05, 3.63) is 42.2 Å². The van der Waals surface area contributed by atoms with Crippen LogP contribution in [-0.2, 0) is 6.42 Å². The lowest BCUT2D eigenvalue weighted by Gasteiger charge is -2.07. The fourth-order valence-electron chi connectivity index (χ4n) is 2.61. The Balaban J connectivity index is 1.89. The number of aromatic amines is 1. The van der Waals surface area contributed by atoms with Gasteiger partial charge in [-0.05, 0) is 36.6 Å². The lowest BCUT2D eigenvalue weighted by molar-refractivity contribution is 0.151. The van der Waals surface area contributed by atoms with Crippen molar-refractivity contribution in [3.63, 3.8) is 0 Å². The van der Waals surface area contributed by atoms with Gasteiger partial charge in [-0.1, -0.05) is 6.07 Å². The SMILES string of the molecule is OC1(Cc2ccc3[nH]c4cnccc4c3c2)CC1. The van der Waals surface area contributed by atoms with Crippen LogP contribution in [0.15, 0.2) is 36.7 Å². The monoisotopic (exact) mass is 238 g/mol. The molecular weight excluding hydrogens is 224 g/mol. The van der Waals surface area contributed by atoms with Crippen LogP contribution in [0.3, 0.4) is 0 Å². The zero-order chi connectivity index (χ0) is 12.2. The second kappa shape index (κ2) is 3.33. The maximum atomic E-state index is 10.0. The summed E-state index contributed by atoms with van der Waals surface area (Å²) in [6, 6.07) is 8.41. The quantitative estimate of drug-likeness (QED) is 0.721. The van der Waals surface area contributed by atoms with Gasteiger partial charge in [0.15, 0.2) is 0 Å². The van der Waals surface area contributed by atoms with E-state index in [0.29, 0.717) is 0 Å². The molecule has 90 valence electrons. The number of hydrogen-bond donors (Lipinski definition) is 2. The highest BCUT2D eigenvalue weighted by atomic mass is 16.3. The Kier molecular flexibility index (Phi) is 1.87. The van der Waals surface area contributed by atoms with Gasteiger partial charge in [-0.25, -0.2) is 0 Å². The van der Waals surface area contributed by atoms with Gasteiger partial charge in [0.1, 0.15) is 0 Å². The zero-order valence-corrected chi connectivity index (χ0v) is 9.98. The minimum Gasteiger partial charge on any atom is -0.390 e. The van der Waals surface area contributed by atoms with Gasteiger partial charge in [0.2, 0.25) is 0 Å². The summed E-state index contributed by atoms with van der Waals surface area (Å²) >= 11 is 0. The van der Waals surface area contributed by atoms with E-state index >= 15 is 0 Å². The van der Waals surface area contributed by atoms with E-state index in [2.05, 4.69) is 28.2 Å². The molecule has 3 heteroatoms. The molecule has 1 aliphatic carbocycles. The number of nitrogens with zero attached hydrogens (tertiary/aromatic N) is 1. The molecule has 1 saturated carbocycles. The van der Waals surface area contributed by atoms with Gasteiger partial charge < -0.3 is 10.1 Å². The van der Waals surface area contributed by atoms with Crippen molar-refractivity contribution in [2.24, 2.45) is 0 Å². The average Bonchev–Trinajstić information content (AvgIpc) is 2.98. The maximum absolute atomic E-state index is 10.0. The summed E-state index contributed by atoms with van der Waals surface area (Å²) in [5.74, 6) is 0. The molecule has 1 aliphatic rings. The molecule has 0 amide bonds. The minimum atomic E-state index is -0.429. The van der Waals surface area contributed by atoms with E-state index in [4.69, 9.17) is 0 Å². The first-order valence-electron chi connectivity index (χ1n) is 6.30. The van der Waals surface area contributed by atoms with Crippen molar-refractivity contribution < 1.29 is 5.11 Å². The van der Waals surface area contributed by atoms with Crippen LogP contribution in [0.1, 0.15) is 18.4 Å². The Bertz CT molecular complexity index is 740. The Labute approximate surface area is 104 Å². The van der Waals surface area contributed by atoms with E-state index in [-0.39, 0.29) is 0 Å². The van der Waals surface area contributed by atoms with E-state index < -0.39 is 5.60 Å². The second-order valence-corrected chi connectivity index (χ2v) is 5.33. The normalized spacial score (nSPS) is 17.4. The summed E-state index contributed by atoms with van der Waals surface area (Å²) in [4.78, 5) is 7.49. The van der Waals surface area contributed by atoms with E-state index in [1.165, 1.54) is 16.3 Å². The van der Waals surface area contributed by atoms with Crippen molar-refractivity contribution in [2.75, 3.05) is 0 Å². The Morgan fingerprint density at radius 2 is 2.06 bits per heavy atom. The third-order valence-electron chi connectivity index (χ3n) is 3.82. The Morgan fingerprint density at radius 3 is 2.89 bits per heavy atom. The lowest BCUT2D eigenvalue weighted by Crippen LogP contribution is -2.10. The topological polar surface area (TPSA) is 48.9 Å².